The summed E-state index contributed by atoms with van der Waals surface area (Å²) in [5.74, 6) is 0.187. The van der Waals surface area contributed by atoms with E-state index in [0.29, 0.717) is 5.52 Å². The lowest BCUT2D eigenvalue weighted by Crippen LogP contribution is -2.23. The van der Waals surface area contributed by atoms with Crippen LogP contribution in [0.2, 0.25) is 0 Å². The first-order chi connectivity index (χ1) is 8.27. The Kier molecular flexibility index (Phi) is 2.42. The van der Waals surface area contributed by atoms with Gasteiger partial charge in [-0.15, -0.1) is 0 Å². The van der Waals surface area contributed by atoms with Gasteiger partial charge in [-0.25, -0.2) is 4.79 Å². The summed E-state index contributed by atoms with van der Waals surface area (Å²) in [6.07, 6.45) is 5.64. The SMILES string of the molecule is O=c1[nH]c2cccc(O)c2n1C1CCCCC1. The standard InChI is InChI=1S/C13H16N2O2/c16-11-8-4-7-10-12(11)15(13(17)14-10)9-5-2-1-3-6-9/h4,7-9,16H,1-3,5-6H2,(H,14,17). The molecule has 0 bridgehead atoms. The van der Waals surface area contributed by atoms with E-state index in [-0.39, 0.29) is 17.5 Å². The molecule has 1 fully saturated rings. The summed E-state index contributed by atoms with van der Waals surface area (Å²) in [5.41, 5.74) is 1.28. The van der Waals surface area contributed by atoms with Crippen molar-refractivity contribution in [3.63, 3.8) is 0 Å². The van der Waals surface area contributed by atoms with E-state index in [2.05, 4.69) is 4.98 Å². The third-order valence-electron chi connectivity index (χ3n) is 3.66. The number of rotatable bonds is 1. The number of benzene rings is 1. The number of aromatic amines is 1. The van der Waals surface area contributed by atoms with E-state index in [0.717, 1.165) is 31.2 Å². The highest BCUT2D eigenvalue weighted by Gasteiger charge is 2.21. The average molecular weight is 232 g/mol. The normalized spacial score (nSPS) is 17.6. The summed E-state index contributed by atoms with van der Waals surface area (Å²) in [6, 6.07) is 5.45. The molecule has 3 rings (SSSR count). The lowest BCUT2D eigenvalue weighted by atomic mass is 9.95. The van der Waals surface area contributed by atoms with Gasteiger partial charge in [0.05, 0.1) is 5.52 Å². The van der Waals surface area contributed by atoms with E-state index in [1.54, 1.807) is 16.7 Å². The van der Waals surface area contributed by atoms with Gasteiger partial charge < -0.3 is 10.1 Å². The van der Waals surface area contributed by atoms with Crippen LogP contribution in [0, 0.1) is 0 Å². The Hall–Kier alpha value is -1.71. The number of imidazole rings is 1. The summed E-state index contributed by atoms with van der Waals surface area (Å²) in [6.45, 7) is 0. The van der Waals surface area contributed by atoms with Crippen molar-refractivity contribution in [1.82, 2.24) is 9.55 Å². The molecule has 17 heavy (non-hydrogen) atoms. The van der Waals surface area contributed by atoms with Gasteiger partial charge in [-0.2, -0.15) is 0 Å². The van der Waals surface area contributed by atoms with Crippen molar-refractivity contribution in [1.29, 1.82) is 0 Å². The van der Waals surface area contributed by atoms with Crippen molar-refractivity contribution < 1.29 is 5.11 Å². The maximum atomic E-state index is 12.0. The largest absolute Gasteiger partial charge is 0.506 e. The second-order valence-electron chi connectivity index (χ2n) is 4.77. The highest BCUT2D eigenvalue weighted by molar-refractivity contribution is 5.81. The molecule has 2 N–H and O–H groups in total. The molecule has 1 aromatic heterocycles. The molecule has 0 spiro atoms. The molecule has 0 saturated heterocycles. The highest BCUT2D eigenvalue weighted by atomic mass is 16.3. The maximum Gasteiger partial charge on any atom is 0.326 e. The number of hydrogen-bond donors (Lipinski definition) is 2. The summed E-state index contributed by atoms with van der Waals surface area (Å²) in [7, 11) is 0. The van der Waals surface area contributed by atoms with Gasteiger partial charge in [0.1, 0.15) is 11.3 Å². The van der Waals surface area contributed by atoms with Crippen LogP contribution in [0.1, 0.15) is 38.1 Å². The molecule has 90 valence electrons. The molecule has 0 aliphatic heterocycles. The Bertz CT molecular complexity index is 591. The van der Waals surface area contributed by atoms with E-state index in [4.69, 9.17) is 0 Å². The zero-order valence-corrected chi connectivity index (χ0v) is 9.65. The Labute approximate surface area is 98.9 Å². The molecule has 1 aliphatic carbocycles. The Morgan fingerprint density at radius 2 is 2.00 bits per heavy atom. The van der Waals surface area contributed by atoms with Crippen molar-refractivity contribution in [2.24, 2.45) is 0 Å². The molecule has 0 unspecified atom stereocenters. The zero-order chi connectivity index (χ0) is 11.8. The van der Waals surface area contributed by atoms with Crippen molar-refractivity contribution in [2.45, 2.75) is 38.1 Å². The minimum Gasteiger partial charge on any atom is -0.506 e. The van der Waals surface area contributed by atoms with Crippen LogP contribution in [0.4, 0.5) is 0 Å². The van der Waals surface area contributed by atoms with Gasteiger partial charge in [-0.05, 0) is 25.0 Å². The fourth-order valence-electron chi connectivity index (χ4n) is 2.85. The van der Waals surface area contributed by atoms with E-state index < -0.39 is 0 Å². The summed E-state index contributed by atoms with van der Waals surface area (Å²) >= 11 is 0. The minimum absolute atomic E-state index is 0.103. The molecule has 1 saturated carbocycles. The van der Waals surface area contributed by atoms with E-state index in [9.17, 15) is 9.90 Å². The number of aromatic hydroxyl groups is 1. The zero-order valence-electron chi connectivity index (χ0n) is 9.65. The van der Waals surface area contributed by atoms with Crippen molar-refractivity contribution in [3.8, 4) is 5.75 Å². The monoisotopic (exact) mass is 232 g/mol. The van der Waals surface area contributed by atoms with Crippen LogP contribution in [0.3, 0.4) is 0 Å². The summed E-state index contributed by atoms with van der Waals surface area (Å²) in [4.78, 5) is 14.8. The van der Waals surface area contributed by atoms with Gasteiger partial charge in [-0.1, -0.05) is 25.3 Å². The Balaban J connectivity index is 2.20. The number of aromatic nitrogens is 2. The number of phenols is 1. The number of phenolic OH excluding ortho intramolecular Hbond substituents is 1. The second-order valence-corrected chi connectivity index (χ2v) is 4.77. The van der Waals surface area contributed by atoms with Gasteiger partial charge in [0.2, 0.25) is 0 Å². The third kappa shape index (κ3) is 1.64. The smallest absolute Gasteiger partial charge is 0.326 e. The lowest BCUT2D eigenvalue weighted by molar-refractivity contribution is 0.351. The summed E-state index contributed by atoms with van der Waals surface area (Å²) < 4.78 is 1.74. The molecule has 1 aromatic carbocycles. The molecule has 4 heteroatoms. The minimum atomic E-state index is -0.103. The van der Waals surface area contributed by atoms with Crippen molar-refractivity contribution in [3.05, 3.63) is 28.7 Å². The van der Waals surface area contributed by atoms with Crippen LogP contribution in [0.25, 0.3) is 11.0 Å². The third-order valence-corrected chi connectivity index (χ3v) is 3.66. The lowest BCUT2D eigenvalue weighted by Gasteiger charge is -2.23. The number of nitrogens with one attached hydrogen (secondary N) is 1. The molecular formula is C13H16N2O2. The Morgan fingerprint density at radius 3 is 2.76 bits per heavy atom. The van der Waals surface area contributed by atoms with Crippen molar-refractivity contribution >= 4 is 11.0 Å². The van der Waals surface area contributed by atoms with Gasteiger partial charge in [0.25, 0.3) is 0 Å². The van der Waals surface area contributed by atoms with E-state index in [1.165, 1.54) is 6.42 Å². The molecule has 0 atom stereocenters. The molecular weight excluding hydrogens is 216 g/mol. The molecule has 1 aliphatic rings. The molecule has 0 amide bonds. The van der Waals surface area contributed by atoms with Crippen LogP contribution in [0.5, 0.6) is 5.75 Å². The molecule has 2 aromatic rings. The molecule has 1 heterocycles. The maximum absolute atomic E-state index is 12.0. The number of fused-ring (bicyclic) bond motifs is 1. The fourth-order valence-corrected chi connectivity index (χ4v) is 2.85. The van der Waals surface area contributed by atoms with E-state index in [1.807, 2.05) is 6.07 Å². The molecule has 0 radical (unpaired) electrons. The second kappa shape index (κ2) is 3.95. The number of nitrogens with zero attached hydrogens (tertiary/aromatic N) is 1. The number of H-pyrrole nitrogens is 1. The number of hydrogen-bond acceptors (Lipinski definition) is 2. The van der Waals surface area contributed by atoms with Crippen molar-refractivity contribution in [2.75, 3.05) is 0 Å². The Morgan fingerprint density at radius 1 is 1.24 bits per heavy atom. The number of para-hydroxylation sites is 1. The van der Waals surface area contributed by atoms with Gasteiger partial charge in [-0.3, -0.25) is 4.57 Å². The average Bonchev–Trinajstić information content (AvgIpc) is 2.68. The van der Waals surface area contributed by atoms with Crippen LogP contribution in [-0.4, -0.2) is 14.7 Å². The van der Waals surface area contributed by atoms with Gasteiger partial charge in [0, 0.05) is 6.04 Å². The predicted molar refractivity (Wildman–Crippen MR) is 66.3 cm³/mol. The van der Waals surface area contributed by atoms with Crippen LogP contribution in [0.15, 0.2) is 23.0 Å². The van der Waals surface area contributed by atoms with Crippen LogP contribution < -0.4 is 5.69 Å². The van der Waals surface area contributed by atoms with Gasteiger partial charge in [0.15, 0.2) is 0 Å². The first-order valence-corrected chi connectivity index (χ1v) is 6.19. The van der Waals surface area contributed by atoms with E-state index >= 15 is 0 Å². The fraction of sp³-hybridized carbons (Fsp3) is 0.462. The highest BCUT2D eigenvalue weighted by Crippen LogP contribution is 2.32. The predicted octanol–water partition coefficient (Wildman–Crippen LogP) is 2.54. The summed E-state index contributed by atoms with van der Waals surface area (Å²) in [5, 5.41) is 9.92. The van der Waals surface area contributed by atoms with Crippen LogP contribution >= 0.6 is 0 Å². The van der Waals surface area contributed by atoms with Crippen LogP contribution in [-0.2, 0) is 0 Å². The first kappa shape index (κ1) is 10.4. The first-order valence-electron chi connectivity index (χ1n) is 6.19. The topological polar surface area (TPSA) is 58.0 Å². The van der Waals surface area contributed by atoms with Gasteiger partial charge >= 0.3 is 5.69 Å². The molecule has 4 nitrogen and oxygen atoms in total. The quantitative estimate of drug-likeness (QED) is 0.793.